The molecule has 2 aromatic carbocycles. The minimum Gasteiger partial charge on any atom is -0.493 e. The van der Waals surface area contributed by atoms with Crippen LogP contribution in [0.4, 0.5) is 11.4 Å². The first kappa shape index (κ1) is 23.2. The molecule has 0 aliphatic carbocycles. The number of ketones is 1. The van der Waals surface area contributed by atoms with Crippen molar-refractivity contribution in [3.63, 3.8) is 0 Å². The van der Waals surface area contributed by atoms with Crippen LogP contribution in [0.1, 0.15) is 42.6 Å². The highest BCUT2D eigenvalue weighted by Crippen LogP contribution is 2.39. The fourth-order valence-corrected chi connectivity index (χ4v) is 4.17. The number of hydrogen-bond acceptors (Lipinski definition) is 6. The van der Waals surface area contributed by atoms with Crippen molar-refractivity contribution in [3.8, 4) is 11.5 Å². The van der Waals surface area contributed by atoms with E-state index in [-0.39, 0.29) is 36.0 Å². The Morgan fingerprint density at radius 3 is 2.47 bits per heavy atom. The number of ether oxygens (including phenoxy) is 2. The summed E-state index contributed by atoms with van der Waals surface area (Å²) in [6.45, 7) is 3.21. The molecule has 2 aliphatic heterocycles. The van der Waals surface area contributed by atoms with E-state index in [1.165, 1.54) is 14.0 Å². The van der Waals surface area contributed by atoms with Crippen molar-refractivity contribution in [2.24, 2.45) is 10.9 Å². The van der Waals surface area contributed by atoms with E-state index in [0.717, 1.165) is 11.1 Å². The quantitative estimate of drug-likeness (QED) is 0.666. The van der Waals surface area contributed by atoms with Gasteiger partial charge in [0.15, 0.2) is 11.5 Å². The molecule has 0 saturated heterocycles. The van der Waals surface area contributed by atoms with Crippen LogP contribution < -0.4 is 14.8 Å². The summed E-state index contributed by atoms with van der Waals surface area (Å²) in [7, 11) is 3.07. The van der Waals surface area contributed by atoms with Gasteiger partial charge in [0.2, 0.25) is 5.91 Å². The van der Waals surface area contributed by atoms with Gasteiger partial charge in [0.05, 0.1) is 31.5 Å². The zero-order valence-electron chi connectivity index (χ0n) is 19.6. The van der Waals surface area contributed by atoms with E-state index in [2.05, 4.69) is 10.3 Å². The summed E-state index contributed by atoms with van der Waals surface area (Å²) in [5.74, 6) is 0.244. The highest BCUT2D eigenvalue weighted by Gasteiger charge is 2.33. The Morgan fingerprint density at radius 1 is 1.15 bits per heavy atom. The van der Waals surface area contributed by atoms with Gasteiger partial charge in [-0.25, -0.2) is 0 Å². The van der Waals surface area contributed by atoms with E-state index < -0.39 is 0 Å². The van der Waals surface area contributed by atoms with Crippen molar-refractivity contribution >= 4 is 40.8 Å². The van der Waals surface area contributed by atoms with Crippen molar-refractivity contribution in [1.82, 2.24) is 4.90 Å². The Kier molecular flexibility index (Phi) is 6.49. The molecular weight excluding hydrogens is 434 g/mol. The molecule has 0 unspecified atom stereocenters. The number of Topliss-reactive ketones (excluding diaryl/α,β-unsaturated/α-hetero) is 1. The monoisotopic (exact) mass is 461 g/mol. The van der Waals surface area contributed by atoms with Crippen molar-refractivity contribution in [1.29, 1.82) is 0 Å². The molecule has 0 fully saturated rings. The molecule has 2 atom stereocenters. The maximum absolute atomic E-state index is 13.3. The fourth-order valence-electron chi connectivity index (χ4n) is 4.17. The zero-order valence-corrected chi connectivity index (χ0v) is 19.6. The van der Waals surface area contributed by atoms with Crippen LogP contribution in [-0.2, 0) is 9.59 Å². The number of nitrogens with one attached hydrogen (secondary N) is 1. The summed E-state index contributed by atoms with van der Waals surface area (Å²) in [6, 6.07) is 10.6. The summed E-state index contributed by atoms with van der Waals surface area (Å²) in [4.78, 5) is 43.1. The Morgan fingerprint density at radius 2 is 1.82 bits per heavy atom. The van der Waals surface area contributed by atoms with Gasteiger partial charge in [0, 0.05) is 42.9 Å². The average molecular weight is 462 g/mol. The molecule has 2 aliphatic rings. The predicted octanol–water partition coefficient (Wildman–Crippen LogP) is 4.23. The molecule has 2 amide bonds. The molecule has 0 saturated carbocycles. The third-order valence-corrected chi connectivity index (χ3v) is 6.00. The molecule has 0 spiro atoms. The van der Waals surface area contributed by atoms with Crippen LogP contribution >= 0.6 is 0 Å². The first-order valence-corrected chi connectivity index (χ1v) is 11.0. The smallest absolute Gasteiger partial charge is 0.260 e. The number of hydrogen-bond donors (Lipinski definition) is 1. The summed E-state index contributed by atoms with van der Waals surface area (Å²) in [6.07, 6.45) is 4.47. The molecule has 8 heteroatoms. The van der Waals surface area contributed by atoms with E-state index in [9.17, 15) is 14.4 Å². The van der Waals surface area contributed by atoms with E-state index in [4.69, 9.17) is 9.47 Å². The van der Waals surface area contributed by atoms with Gasteiger partial charge in [0.1, 0.15) is 5.78 Å². The van der Waals surface area contributed by atoms with Crippen LogP contribution in [0.5, 0.6) is 11.5 Å². The van der Waals surface area contributed by atoms with Crippen molar-refractivity contribution in [2.75, 3.05) is 19.5 Å². The third kappa shape index (κ3) is 4.57. The van der Waals surface area contributed by atoms with E-state index in [1.54, 1.807) is 37.3 Å². The van der Waals surface area contributed by atoms with Crippen LogP contribution in [0.3, 0.4) is 0 Å². The largest absolute Gasteiger partial charge is 0.493 e. The van der Waals surface area contributed by atoms with Gasteiger partial charge >= 0.3 is 0 Å². The fraction of sp³-hybridized carbons (Fsp3) is 0.308. The van der Waals surface area contributed by atoms with Crippen LogP contribution in [0.25, 0.3) is 5.57 Å². The lowest BCUT2D eigenvalue weighted by atomic mass is 10.0. The Bertz CT molecular complexity index is 1200. The van der Waals surface area contributed by atoms with Gasteiger partial charge in [-0.15, -0.1) is 0 Å². The maximum atomic E-state index is 13.3. The second kappa shape index (κ2) is 9.51. The average Bonchev–Trinajstić information content (AvgIpc) is 3.21. The number of methoxy groups -OCH3 is 2. The summed E-state index contributed by atoms with van der Waals surface area (Å²) < 4.78 is 10.7. The highest BCUT2D eigenvalue weighted by molar-refractivity contribution is 6.05. The minimum atomic E-state index is -0.388. The van der Waals surface area contributed by atoms with E-state index in [0.29, 0.717) is 34.9 Å². The Labute approximate surface area is 198 Å². The predicted molar refractivity (Wildman–Crippen MR) is 130 cm³/mol. The topological polar surface area (TPSA) is 97.3 Å². The van der Waals surface area contributed by atoms with Gasteiger partial charge in [-0.1, -0.05) is 19.1 Å². The molecule has 4 rings (SSSR count). The first-order valence-electron chi connectivity index (χ1n) is 11.0. The molecule has 0 radical (unpaired) electrons. The highest BCUT2D eigenvalue weighted by atomic mass is 16.5. The van der Waals surface area contributed by atoms with Crippen LogP contribution in [0, 0.1) is 5.92 Å². The maximum Gasteiger partial charge on any atom is 0.260 e. The number of rotatable bonds is 7. The van der Waals surface area contributed by atoms with Crippen molar-refractivity contribution < 1.29 is 23.9 Å². The van der Waals surface area contributed by atoms with Crippen molar-refractivity contribution in [3.05, 3.63) is 53.7 Å². The number of nitrogens with zero attached hydrogens (tertiary/aromatic N) is 2. The molecule has 34 heavy (non-hydrogen) atoms. The van der Waals surface area contributed by atoms with Gasteiger partial charge in [-0.3, -0.25) is 14.6 Å². The number of fused-ring (bicyclic) bond motifs is 2. The van der Waals surface area contributed by atoms with Crippen LogP contribution in [0.2, 0.25) is 0 Å². The van der Waals surface area contributed by atoms with E-state index >= 15 is 0 Å². The number of carbonyl (C=O) groups excluding carboxylic acids is 3. The standard InChI is InChI=1S/C26H27N3O5/c1-15(9-16(2)30)25(31)28-19-7-5-17(6-8-19)18-10-20-13-27-22-12-24(34-4)23(33-3)11-21(22)26(32)29(20)14-18/h5-8,11-15,20H,9-10H2,1-4H3,(H,28,31)/t15-,20+/m1/s1. The van der Waals surface area contributed by atoms with Crippen molar-refractivity contribution in [2.45, 2.75) is 32.7 Å². The number of carbonyl (C=O) groups is 3. The van der Waals surface area contributed by atoms with Gasteiger partial charge in [0.25, 0.3) is 5.91 Å². The number of aliphatic imine (C=N–C) groups is 1. The van der Waals surface area contributed by atoms with E-state index in [1.807, 2.05) is 30.5 Å². The van der Waals surface area contributed by atoms with Gasteiger partial charge < -0.3 is 24.5 Å². The molecule has 8 nitrogen and oxygen atoms in total. The zero-order chi connectivity index (χ0) is 24.4. The number of benzene rings is 2. The molecule has 2 heterocycles. The lowest BCUT2D eigenvalue weighted by Gasteiger charge is -2.18. The summed E-state index contributed by atoms with van der Waals surface area (Å²) in [5, 5.41) is 2.84. The molecule has 0 aromatic heterocycles. The second-order valence-corrected chi connectivity index (χ2v) is 8.51. The number of amides is 2. The molecule has 1 N–H and O–H groups in total. The molecular formula is C26H27N3O5. The number of anilines is 1. The third-order valence-electron chi connectivity index (χ3n) is 6.00. The Balaban J connectivity index is 1.52. The van der Waals surface area contributed by atoms with Crippen LogP contribution in [0.15, 0.2) is 47.6 Å². The molecule has 2 aromatic rings. The Hall–Kier alpha value is -3.94. The summed E-state index contributed by atoms with van der Waals surface area (Å²) >= 11 is 0. The second-order valence-electron chi connectivity index (χ2n) is 8.51. The van der Waals surface area contributed by atoms with Gasteiger partial charge in [-0.2, -0.15) is 0 Å². The molecule has 176 valence electrons. The molecule has 0 bridgehead atoms. The summed E-state index contributed by atoms with van der Waals surface area (Å²) in [5.41, 5.74) is 3.61. The normalized spacial score (nSPS) is 17.3. The first-order chi connectivity index (χ1) is 16.3. The lowest BCUT2D eigenvalue weighted by Crippen LogP contribution is -2.32. The SMILES string of the molecule is COc1cc2c(cc1OC)C(=O)N1C=C(c3ccc(NC(=O)[C@H](C)CC(C)=O)cc3)C[C@H]1C=N2. The van der Waals surface area contributed by atoms with Crippen LogP contribution in [-0.4, -0.2) is 49.0 Å². The van der Waals surface area contributed by atoms with Gasteiger partial charge in [-0.05, 0) is 36.3 Å². The lowest BCUT2D eigenvalue weighted by molar-refractivity contribution is -0.124. The minimum absolute atomic E-state index is 0.0169.